The Kier molecular flexibility index (Phi) is 3.97. The Balaban J connectivity index is 2.10. The molecule has 0 atom stereocenters. The summed E-state index contributed by atoms with van der Waals surface area (Å²) < 4.78 is 3.29. The summed E-state index contributed by atoms with van der Waals surface area (Å²) >= 11 is -0.766. The van der Waals surface area contributed by atoms with Gasteiger partial charge in [-0.25, -0.2) is 0 Å². The molecule has 0 bridgehead atoms. The second-order valence-corrected chi connectivity index (χ2v) is 11.0. The Morgan fingerprint density at radius 3 is 1.70 bits per heavy atom. The van der Waals surface area contributed by atoms with Crippen molar-refractivity contribution in [1.82, 2.24) is 4.90 Å². The van der Waals surface area contributed by atoms with Crippen molar-refractivity contribution in [2.24, 2.45) is 0 Å². The average Bonchev–Trinajstić information content (AvgIpc) is 2.37. The van der Waals surface area contributed by atoms with Crippen LogP contribution in [0.5, 0.6) is 0 Å². The van der Waals surface area contributed by atoms with Gasteiger partial charge in [0.2, 0.25) is 0 Å². The molecule has 0 spiro atoms. The van der Waals surface area contributed by atoms with Crippen LogP contribution in [0.1, 0.15) is 31.9 Å². The topological polar surface area (TPSA) is 3.24 Å². The van der Waals surface area contributed by atoms with Gasteiger partial charge in [-0.1, -0.05) is 0 Å². The molecule has 2 radical (unpaired) electrons. The Morgan fingerprint density at radius 1 is 0.800 bits per heavy atom. The zero-order valence-corrected chi connectivity index (χ0v) is 15.9. The quantitative estimate of drug-likeness (QED) is 0.547. The zero-order valence-electron chi connectivity index (χ0n) is 12.4. The van der Waals surface area contributed by atoms with Crippen molar-refractivity contribution >= 4 is 29.8 Å². The summed E-state index contributed by atoms with van der Waals surface area (Å²) in [5.74, 6) is 0. The van der Waals surface area contributed by atoms with Crippen molar-refractivity contribution in [3.05, 3.63) is 59.7 Å². The molecule has 0 N–H and O–H groups in total. The summed E-state index contributed by atoms with van der Waals surface area (Å²) in [6, 6.07) is 18.1. The van der Waals surface area contributed by atoms with Crippen LogP contribution in [0.15, 0.2) is 48.5 Å². The van der Waals surface area contributed by atoms with Gasteiger partial charge < -0.3 is 0 Å². The van der Waals surface area contributed by atoms with Crippen molar-refractivity contribution in [3.63, 3.8) is 0 Å². The van der Waals surface area contributed by atoms with Crippen LogP contribution in [0, 0.1) is 0 Å². The van der Waals surface area contributed by atoms with Gasteiger partial charge in [-0.05, 0) is 0 Å². The Hall–Kier alpha value is -0.717. The molecule has 1 nitrogen and oxygen atoms in total. The van der Waals surface area contributed by atoms with Crippen molar-refractivity contribution in [2.75, 3.05) is 0 Å². The molecule has 1 aliphatic rings. The van der Waals surface area contributed by atoms with Gasteiger partial charge in [-0.15, -0.1) is 0 Å². The third-order valence-corrected chi connectivity index (χ3v) is 9.16. The number of rotatable bonds is 0. The second-order valence-electron chi connectivity index (χ2n) is 6.40. The fraction of sp³-hybridized carbons (Fsp3) is 0.333. The maximum atomic E-state index is 2.60. The van der Waals surface area contributed by atoms with Crippen LogP contribution in [0.25, 0.3) is 0 Å². The van der Waals surface area contributed by atoms with Crippen molar-refractivity contribution < 1.29 is 0 Å². The van der Waals surface area contributed by atoms with E-state index >= 15 is 0 Å². The van der Waals surface area contributed by atoms with E-state index in [2.05, 4.69) is 74.2 Å². The first kappa shape index (κ1) is 14.2. The van der Waals surface area contributed by atoms with E-state index in [1.807, 2.05) is 0 Å². The molecule has 0 amide bonds. The first-order chi connectivity index (χ1) is 9.54. The average molecular weight is 460 g/mol. The molecule has 0 aliphatic carbocycles. The Bertz CT molecular complexity index is 565. The molecule has 0 saturated heterocycles. The molecule has 0 unspecified atom stereocenters. The normalized spacial score (nSPS) is 15.9. The van der Waals surface area contributed by atoms with Gasteiger partial charge in [0, 0.05) is 0 Å². The Morgan fingerprint density at radius 2 is 1.25 bits per heavy atom. The molecular formula is C18H21BiN+. The van der Waals surface area contributed by atoms with Crippen LogP contribution in [-0.4, -0.2) is 33.7 Å². The van der Waals surface area contributed by atoms with Crippen LogP contribution < -0.4 is 6.54 Å². The molecule has 0 fully saturated rings. The third kappa shape index (κ3) is 2.97. The molecule has 0 aromatic heterocycles. The first-order valence-electron chi connectivity index (χ1n) is 7.17. The van der Waals surface area contributed by atoms with Gasteiger partial charge in [0.05, 0.1) is 0 Å². The molecule has 3 rings (SSSR count). The van der Waals surface area contributed by atoms with E-state index in [9.17, 15) is 0 Å². The van der Waals surface area contributed by atoms with E-state index in [0.717, 1.165) is 13.1 Å². The van der Waals surface area contributed by atoms with Gasteiger partial charge in [0.15, 0.2) is 0 Å². The molecule has 1 aliphatic heterocycles. The molecule has 2 heteroatoms. The van der Waals surface area contributed by atoms with E-state index in [0.29, 0.717) is 0 Å². The molecular weight excluding hydrogens is 439 g/mol. The number of hydrogen-bond acceptors (Lipinski definition) is 1. The van der Waals surface area contributed by atoms with E-state index < -0.39 is 23.2 Å². The van der Waals surface area contributed by atoms with Gasteiger partial charge in [0.1, 0.15) is 0 Å². The van der Waals surface area contributed by atoms with E-state index in [-0.39, 0.29) is 5.54 Å². The number of hydrogen-bond donors (Lipinski definition) is 0. The first-order valence-corrected chi connectivity index (χ1v) is 10.6. The van der Waals surface area contributed by atoms with Crippen LogP contribution in [0.4, 0.5) is 0 Å². The summed E-state index contributed by atoms with van der Waals surface area (Å²) in [4.78, 5) is 2.60. The van der Waals surface area contributed by atoms with E-state index in [4.69, 9.17) is 0 Å². The minimum atomic E-state index is -0.766. The molecule has 2 aromatic rings. The summed E-state index contributed by atoms with van der Waals surface area (Å²) in [6.07, 6.45) is 0. The summed E-state index contributed by atoms with van der Waals surface area (Å²) in [5.41, 5.74) is 3.30. The van der Waals surface area contributed by atoms with E-state index in [1.165, 1.54) is 0 Å². The van der Waals surface area contributed by atoms with Crippen molar-refractivity contribution in [1.29, 1.82) is 0 Å². The number of fused-ring (bicyclic) bond motifs is 2. The van der Waals surface area contributed by atoms with Crippen molar-refractivity contribution in [2.45, 2.75) is 39.4 Å². The summed E-state index contributed by atoms with van der Waals surface area (Å²) in [7, 11) is 0. The van der Waals surface area contributed by atoms with Gasteiger partial charge in [0.25, 0.3) is 0 Å². The maximum absolute atomic E-state index is 2.60. The molecule has 2 aromatic carbocycles. The number of nitrogens with zero attached hydrogens (tertiary/aromatic N) is 1. The second kappa shape index (κ2) is 5.58. The monoisotopic (exact) mass is 460 g/mol. The predicted molar refractivity (Wildman–Crippen MR) is 86.9 cm³/mol. The molecule has 0 saturated carbocycles. The van der Waals surface area contributed by atoms with Gasteiger partial charge in [-0.2, -0.15) is 0 Å². The Labute approximate surface area is 133 Å². The van der Waals surface area contributed by atoms with Gasteiger partial charge >= 0.3 is 134 Å². The number of benzene rings is 2. The van der Waals surface area contributed by atoms with Crippen LogP contribution in [-0.2, 0) is 13.1 Å². The van der Waals surface area contributed by atoms with Crippen LogP contribution in [0.2, 0.25) is 0 Å². The summed E-state index contributed by atoms with van der Waals surface area (Å²) in [6.45, 7) is 9.12. The SMILES string of the molecule is CC(C)(C)N1Cc2cccc[c]2[Bi+][c]2ccccc2C1. The third-order valence-electron chi connectivity index (χ3n) is 3.90. The summed E-state index contributed by atoms with van der Waals surface area (Å²) in [5, 5.41) is 0. The van der Waals surface area contributed by atoms with Crippen molar-refractivity contribution in [3.8, 4) is 0 Å². The minimum absolute atomic E-state index is 0.198. The fourth-order valence-corrected chi connectivity index (χ4v) is 7.08. The molecule has 20 heavy (non-hydrogen) atoms. The van der Waals surface area contributed by atoms with Crippen LogP contribution in [0.3, 0.4) is 0 Å². The fourth-order valence-electron chi connectivity index (χ4n) is 2.58. The standard InChI is InChI=1S/C18H21N.Bi/c1-18(2,3)19(14-16-10-6-4-7-11-16)15-17-12-8-5-9-13-17;/h4-10,12H,14-15H2,1-3H3;/q;+1. The zero-order chi connectivity index (χ0) is 14.2. The predicted octanol–water partition coefficient (Wildman–Crippen LogP) is 2.46. The van der Waals surface area contributed by atoms with Crippen LogP contribution >= 0.6 is 0 Å². The van der Waals surface area contributed by atoms with E-state index in [1.54, 1.807) is 17.7 Å². The molecule has 1 heterocycles. The van der Waals surface area contributed by atoms with Gasteiger partial charge in [-0.3, -0.25) is 0 Å². The molecule has 102 valence electrons.